The number of aromatic nitrogens is 5. The number of aryl methyl sites for hydroxylation is 1. The summed E-state index contributed by atoms with van der Waals surface area (Å²) in [5.41, 5.74) is 1.02. The van der Waals surface area contributed by atoms with E-state index in [4.69, 9.17) is 23.2 Å². The number of carbonyl (C=O) groups excluding carboxylic acids is 1. The van der Waals surface area contributed by atoms with Gasteiger partial charge in [-0.15, -0.1) is 5.10 Å². The average molecular weight is 443 g/mol. The molecule has 0 aliphatic heterocycles. The number of hydrogen-bond acceptors (Lipinski definition) is 5. The number of fused-ring (bicyclic) bond motifs is 1. The summed E-state index contributed by atoms with van der Waals surface area (Å²) in [7, 11) is 0. The molecule has 0 aliphatic rings. The van der Waals surface area contributed by atoms with E-state index in [0.29, 0.717) is 33.3 Å². The quantitative estimate of drug-likeness (QED) is 0.493. The Kier molecular flexibility index (Phi) is 5.78. The molecule has 0 spiro atoms. The van der Waals surface area contributed by atoms with E-state index in [0.717, 1.165) is 5.56 Å². The van der Waals surface area contributed by atoms with Crippen LogP contribution in [0.25, 0.3) is 10.9 Å². The van der Waals surface area contributed by atoms with Gasteiger partial charge >= 0.3 is 0 Å². The van der Waals surface area contributed by atoms with Gasteiger partial charge in [0.1, 0.15) is 11.3 Å². The fourth-order valence-electron chi connectivity index (χ4n) is 2.98. The van der Waals surface area contributed by atoms with Gasteiger partial charge in [-0.3, -0.25) is 9.59 Å². The summed E-state index contributed by atoms with van der Waals surface area (Å²) in [5.74, 6) is 0.226. The molecule has 152 valence electrons. The minimum absolute atomic E-state index is 0.0516. The number of hydrogen-bond donors (Lipinski definition) is 1. The number of nitrogens with one attached hydrogen (secondary N) is 1. The molecule has 2 heterocycles. The Morgan fingerprint density at radius 2 is 1.87 bits per heavy atom. The normalized spacial score (nSPS) is 11.0. The van der Waals surface area contributed by atoms with Crippen molar-refractivity contribution in [2.45, 2.75) is 19.5 Å². The zero-order chi connectivity index (χ0) is 21.1. The number of benzene rings is 2. The molecule has 0 radical (unpaired) electrons. The van der Waals surface area contributed by atoms with E-state index in [-0.39, 0.29) is 24.4 Å². The van der Waals surface area contributed by atoms with E-state index in [2.05, 4.69) is 20.7 Å². The first-order valence-corrected chi connectivity index (χ1v) is 9.85. The number of anilines is 1. The van der Waals surface area contributed by atoms with Crippen molar-refractivity contribution in [2.24, 2.45) is 0 Å². The molecule has 0 fully saturated rings. The van der Waals surface area contributed by atoms with Gasteiger partial charge in [-0.1, -0.05) is 52.7 Å². The van der Waals surface area contributed by atoms with Crippen molar-refractivity contribution in [1.29, 1.82) is 0 Å². The molecule has 2 aromatic carbocycles. The monoisotopic (exact) mass is 442 g/mol. The third-order valence-electron chi connectivity index (χ3n) is 4.52. The minimum atomic E-state index is -0.283. The van der Waals surface area contributed by atoms with Gasteiger partial charge in [0.2, 0.25) is 5.91 Å². The summed E-state index contributed by atoms with van der Waals surface area (Å²) in [6.45, 7) is 0.453. The van der Waals surface area contributed by atoms with Crippen LogP contribution in [-0.2, 0) is 17.9 Å². The first-order valence-electron chi connectivity index (χ1n) is 9.10. The summed E-state index contributed by atoms with van der Waals surface area (Å²) < 4.78 is 2.79. The molecule has 4 rings (SSSR count). The second-order valence-electron chi connectivity index (χ2n) is 6.52. The number of nitrogens with zero attached hydrogens (tertiary/aromatic N) is 5. The van der Waals surface area contributed by atoms with Crippen LogP contribution in [0, 0.1) is 0 Å². The molecule has 1 amide bonds. The second-order valence-corrected chi connectivity index (χ2v) is 7.31. The zero-order valence-electron chi connectivity index (χ0n) is 15.6. The summed E-state index contributed by atoms with van der Waals surface area (Å²) in [5, 5.41) is 16.3. The van der Waals surface area contributed by atoms with Gasteiger partial charge in [-0.25, -0.2) is 9.36 Å². The highest BCUT2D eigenvalue weighted by Crippen LogP contribution is 2.26. The van der Waals surface area contributed by atoms with Gasteiger partial charge in [0.25, 0.3) is 5.56 Å². The van der Waals surface area contributed by atoms with Crippen LogP contribution in [0.1, 0.15) is 12.0 Å². The Hall–Kier alpha value is -3.23. The van der Waals surface area contributed by atoms with E-state index in [1.807, 2.05) is 6.07 Å². The highest BCUT2D eigenvalue weighted by molar-refractivity contribution is 6.42. The highest BCUT2D eigenvalue weighted by atomic mass is 35.5. The van der Waals surface area contributed by atoms with Gasteiger partial charge in [-0.2, -0.15) is 5.10 Å². The molecule has 4 aromatic rings. The largest absolute Gasteiger partial charge is 0.311 e. The Balaban J connectivity index is 1.43. The smallest absolute Gasteiger partial charge is 0.277 e. The topological polar surface area (TPSA) is 94.7 Å². The summed E-state index contributed by atoms with van der Waals surface area (Å²) in [6, 6.07) is 14.0. The van der Waals surface area contributed by atoms with Crippen molar-refractivity contribution < 1.29 is 4.79 Å². The molecular formula is C20H16Cl2N6O2. The third-order valence-corrected chi connectivity index (χ3v) is 5.37. The Bertz CT molecular complexity index is 1280. The fourth-order valence-corrected chi connectivity index (χ4v) is 3.36. The number of amides is 1. The second kappa shape index (κ2) is 8.64. The van der Waals surface area contributed by atoms with E-state index < -0.39 is 0 Å². The van der Waals surface area contributed by atoms with Gasteiger partial charge in [0.15, 0.2) is 0 Å². The van der Waals surface area contributed by atoms with Crippen molar-refractivity contribution in [3.05, 3.63) is 80.7 Å². The van der Waals surface area contributed by atoms with Crippen molar-refractivity contribution in [2.75, 3.05) is 5.32 Å². The van der Waals surface area contributed by atoms with Crippen molar-refractivity contribution in [1.82, 2.24) is 24.8 Å². The maximum atomic E-state index is 12.5. The lowest BCUT2D eigenvalue weighted by Gasteiger charge is -2.11. The lowest BCUT2D eigenvalue weighted by molar-refractivity contribution is -0.116. The maximum absolute atomic E-state index is 12.5. The SMILES string of the molecule is O=C(CCn1nnc2ccccc2c1=O)Nc1ccnn1Cc1cccc(Cl)c1Cl. The van der Waals surface area contributed by atoms with Crippen LogP contribution >= 0.6 is 23.2 Å². The summed E-state index contributed by atoms with van der Waals surface area (Å²) >= 11 is 12.3. The lowest BCUT2D eigenvalue weighted by Crippen LogP contribution is -2.27. The van der Waals surface area contributed by atoms with Crippen LogP contribution in [0.15, 0.2) is 59.5 Å². The molecule has 0 unspecified atom stereocenters. The average Bonchev–Trinajstić information content (AvgIpc) is 3.17. The zero-order valence-corrected chi connectivity index (χ0v) is 17.1. The standard InChI is InChI=1S/C20H16Cl2N6O2/c21-15-6-3-4-13(19(15)22)12-28-17(8-10-23-28)24-18(29)9-11-27-20(30)14-5-1-2-7-16(14)25-26-27/h1-8,10H,9,11-12H2,(H,24,29). The Morgan fingerprint density at radius 1 is 1.03 bits per heavy atom. The van der Waals surface area contributed by atoms with Crippen molar-refractivity contribution in [3.63, 3.8) is 0 Å². The third kappa shape index (κ3) is 4.19. The Morgan fingerprint density at radius 3 is 2.73 bits per heavy atom. The van der Waals surface area contributed by atoms with Crippen LogP contribution in [0.2, 0.25) is 10.0 Å². The number of carbonyl (C=O) groups is 1. The van der Waals surface area contributed by atoms with E-state index in [9.17, 15) is 9.59 Å². The number of halogens is 2. The lowest BCUT2D eigenvalue weighted by atomic mass is 10.2. The highest BCUT2D eigenvalue weighted by Gasteiger charge is 2.12. The molecule has 10 heteroatoms. The van der Waals surface area contributed by atoms with Crippen LogP contribution in [0.5, 0.6) is 0 Å². The molecule has 1 N–H and O–H groups in total. The molecule has 2 aromatic heterocycles. The molecular weight excluding hydrogens is 427 g/mol. The van der Waals surface area contributed by atoms with Gasteiger partial charge in [0, 0.05) is 12.5 Å². The predicted octanol–water partition coefficient (Wildman–Crippen LogP) is 3.37. The van der Waals surface area contributed by atoms with Gasteiger partial charge < -0.3 is 5.32 Å². The number of rotatable bonds is 6. The first kappa shape index (κ1) is 20.1. The van der Waals surface area contributed by atoms with Crippen LogP contribution in [0.3, 0.4) is 0 Å². The van der Waals surface area contributed by atoms with Crippen LogP contribution in [0.4, 0.5) is 5.82 Å². The summed E-state index contributed by atoms with van der Waals surface area (Å²) in [4.78, 5) is 24.9. The summed E-state index contributed by atoms with van der Waals surface area (Å²) in [6.07, 6.45) is 1.63. The van der Waals surface area contributed by atoms with Crippen LogP contribution in [-0.4, -0.2) is 30.7 Å². The van der Waals surface area contributed by atoms with Crippen LogP contribution < -0.4 is 10.9 Å². The van der Waals surface area contributed by atoms with Crippen molar-refractivity contribution >= 4 is 45.8 Å². The minimum Gasteiger partial charge on any atom is -0.311 e. The molecule has 0 aliphatic carbocycles. The molecule has 0 saturated heterocycles. The molecule has 0 saturated carbocycles. The van der Waals surface area contributed by atoms with E-state index in [1.165, 1.54) is 4.68 Å². The first-order chi connectivity index (χ1) is 14.5. The van der Waals surface area contributed by atoms with E-state index in [1.54, 1.807) is 53.3 Å². The van der Waals surface area contributed by atoms with E-state index >= 15 is 0 Å². The molecule has 8 nitrogen and oxygen atoms in total. The molecule has 30 heavy (non-hydrogen) atoms. The maximum Gasteiger partial charge on any atom is 0.277 e. The Labute approximate surface area is 181 Å². The van der Waals surface area contributed by atoms with Gasteiger partial charge in [0.05, 0.1) is 34.7 Å². The van der Waals surface area contributed by atoms with Gasteiger partial charge in [-0.05, 0) is 23.8 Å². The fraction of sp³-hybridized carbons (Fsp3) is 0.150. The predicted molar refractivity (Wildman–Crippen MR) is 115 cm³/mol. The van der Waals surface area contributed by atoms with Crippen molar-refractivity contribution in [3.8, 4) is 0 Å². The molecule has 0 atom stereocenters. The molecule has 0 bridgehead atoms.